The third kappa shape index (κ3) is 8.96. The van der Waals surface area contributed by atoms with E-state index in [2.05, 4.69) is 65.3 Å². The van der Waals surface area contributed by atoms with Crippen LogP contribution >= 0.6 is 0 Å². The zero-order valence-corrected chi connectivity index (χ0v) is 17.8. The first kappa shape index (κ1) is 25.3. The van der Waals surface area contributed by atoms with E-state index in [1.807, 2.05) is 18.2 Å². The number of hydrogen-bond donors (Lipinski definition) is 4. The van der Waals surface area contributed by atoms with Gasteiger partial charge in [-0.1, -0.05) is 80.2 Å². The van der Waals surface area contributed by atoms with Gasteiger partial charge in [-0.05, 0) is 49.7 Å². The van der Waals surface area contributed by atoms with Crippen LogP contribution in [0.2, 0.25) is 0 Å². The molecule has 2 aromatic rings. The third-order valence-electron chi connectivity index (χ3n) is 5.90. The summed E-state index contributed by atoms with van der Waals surface area (Å²) in [4.78, 5) is 0. The van der Waals surface area contributed by atoms with Gasteiger partial charge in [0.15, 0.2) is 0 Å². The maximum Gasteiger partial charge on any atom is 0.0951 e. The van der Waals surface area contributed by atoms with Crippen LogP contribution in [-0.2, 0) is 13.1 Å². The van der Waals surface area contributed by atoms with Crippen molar-refractivity contribution in [2.45, 2.75) is 83.3 Å². The quantitative estimate of drug-likeness (QED) is 0.513. The monoisotopic (exact) mass is 424 g/mol. The molecule has 4 unspecified atom stereocenters. The molecule has 2 aromatic carbocycles. The maximum absolute atomic E-state index is 9.80. The topological polar surface area (TPSA) is 64.5 Å². The molecule has 0 bridgehead atoms. The summed E-state index contributed by atoms with van der Waals surface area (Å²) in [6.07, 6.45) is 9.87. The minimum atomic E-state index is -0.627. The van der Waals surface area contributed by atoms with Gasteiger partial charge in [0.25, 0.3) is 0 Å². The SMILES string of the molecule is C.C1=CC(NCc2ccccc2)CCC1.OC1CCCC(NCc2ccccc2)C1O. The Morgan fingerprint density at radius 2 is 1.35 bits per heavy atom. The maximum atomic E-state index is 9.80. The molecular weight excluding hydrogens is 384 g/mol. The van der Waals surface area contributed by atoms with E-state index in [0.717, 1.165) is 25.9 Å². The first-order valence-electron chi connectivity index (χ1n) is 11.3. The Morgan fingerprint density at radius 1 is 0.742 bits per heavy atom. The van der Waals surface area contributed by atoms with Gasteiger partial charge in [-0.15, -0.1) is 0 Å². The van der Waals surface area contributed by atoms with E-state index in [0.29, 0.717) is 12.5 Å². The standard InChI is InChI=1S/C13H19NO2.C13H17N.CH4/c15-12-8-4-7-11(13(12)16)14-9-10-5-2-1-3-6-10;1-3-7-12(8-4-1)11-14-13-9-5-2-6-10-13;/h1-3,5-6,11-16H,4,7-9H2;1,3-5,7-9,13-14H,2,6,10-11H2;1H4. The van der Waals surface area contributed by atoms with E-state index in [4.69, 9.17) is 0 Å². The van der Waals surface area contributed by atoms with E-state index in [1.165, 1.54) is 30.4 Å². The molecule has 0 heterocycles. The zero-order valence-electron chi connectivity index (χ0n) is 17.8. The highest BCUT2D eigenvalue weighted by Crippen LogP contribution is 2.19. The second-order valence-corrected chi connectivity index (χ2v) is 8.29. The molecule has 0 radical (unpaired) electrons. The molecule has 2 aliphatic carbocycles. The van der Waals surface area contributed by atoms with Gasteiger partial charge >= 0.3 is 0 Å². The Kier molecular flexibility index (Phi) is 11.5. The van der Waals surface area contributed by atoms with Crippen molar-refractivity contribution in [3.8, 4) is 0 Å². The average molecular weight is 425 g/mol. The Hall–Kier alpha value is -1.98. The molecule has 4 nitrogen and oxygen atoms in total. The molecule has 2 aliphatic rings. The van der Waals surface area contributed by atoms with Gasteiger partial charge in [0.1, 0.15) is 0 Å². The van der Waals surface area contributed by atoms with E-state index in [9.17, 15) is 10.2 Å². The summed E-state index contributed by atoms with van der Waals surface area (Å²) < 4.78 is 0. The lowest BCUT2D eigenvalue weighted by atomic mass is 9.90. The first-order valence-corrected chi connectivity index (χ1v) is 11.3. The van der Waals surface area contributed by atoms with Gasteiger partial charge in [-0.3, -0.25) is 0 Å². The number of nitrogens with one attached hydrogen (secondary N) is 2. The Morgan fingerprint density at radius 3 is 1.94 bits per heavy atom. The van der Waals surface area contributed by atoms with E-state index >= 15 is 0 Å². The van der Waals surface area contributed by atoms with Crippen molar-refractivity contribution >= 4 is 0 Å². The van der Waals surface area contributed by atoms with Crippen LogP contribution in [0.3, 0.4) is 0 Å². The van der Waals surface area contributed by atoms with Crippen LogP contribution in [0.15, 0.2) is 72.8 Å². The largest absolute Gasteiger partial charge is 0.390 e. The zero-order chi connectivity index (χ0) is 21.0. The van der Waals surface area contributed by atoms with Crippen LogP contribution in [0.25, 0.3) is 0 Å². The summed E-state index contributed by atoms with van der Waals surface area (Å²) >= 11 is 0. The smallest absolute Gasteiger partial charge is 0.0951 e. The number of aliphatic hydroxyl groups is 2. The Balaban J connectivity index is 0.000000215. The second kappa shape index (κ2) is 14.2. The molecule has 4 atom stereocenters. The van der Waals surface area contributed by atoms with Crippen molar-refractivity contribution in [3.63, 3.8) is 0 Å². The average Bonchev–Trinajstić information content (AvgIpc) is 2.81. The van der Waals surface area contributed by atoms with Gasteiger partial charge in [0.2, 0.25) is 0 Å². The Labute approximate surface area is 188 Å². The van der Waals surface area contributed by atoms with Crippen LogP contribution in [0.5, 0.6) is 0 Å². The number of rotatable bonds is 6. The molecule has 0 spiro atoms. The molecule has 0 saturated heterocycles. The minimum absolute atomic E-state index is 0. The summed E-state index contributed by atoms with van der Waals surface area (Å²) in [5.74, 6) is 0. The fourth-order valence-electron chi connectivity index (χ4n) is 4.05. The molecule has 31 heavy (non-hydrogen) atoms. The molecular formula is C27H40N2O2. The predicted molar refractivity (Wildman–Crippen MR) is 130 cm³/mol. The third-order valence-corrected chi connectivity index (χ3v) is 5.90. The highest BCUT2D eigenvalue weighted by Gasteiger charge is 2.29. The van der Waals surface area contributed by atoms with Crippen LogP contribution in [0.4, 0.5) is 0 Å². The van der Waals surface area contributed by atoms with E-state index in [-0.39, 0.29) is 13.5 Å². The van der Waals surface area contributed by atoms with Crippen LogP contribution in [0.1, 0.15) is 57.1 Å². The fourth-order valence-corrected chi connectivity index (χ4v) is 4.05. The van der Waals surface area contributed by atoms with Crippen molar-refractivity contribution in [2.75, 3.05) is 0 Å². The molecule has 0 amide bonds. The molecule has 1 fully saturated rings. The summed E-state index contributed by atoms with van der Waals surface area (Å²) in [5, 5.41) is 26.2. The Bertz CT molecular complexity index is 735. The summed E-state index contributed by atoms with van der Waals surface area (Å²) in [7, 11) is 0. The molecule has 170 valence electrons. The summed E-state index contributed by atoms with van der Waals surface area (Å²) in [6, 6.07) is 21.3. The first-order chi connectivity index (χ1) is 14.7. The minimum Gasteiger partial charge on any atom is -0.390 e. The number of aliphatic hydroxyl groups excluding tert-OH is 2. The molecule has 4 rings (SSSR count). The number of allylic oxidation sites excluding steroid dienone is 1. The number of hydrogen-bond acceptors (Lipinski definition) is 4. The van der Waals surface area contributed by atoms with Crippen LogP contribution in [-0.4, -0.2) is 34.5 Å². The predicted octanol–water partition coefficient (Wildman–Crippen LogP) is 4.57. The van der Waals surface area contributed by atoms with Gasteiger partial charge in [-0.25, -0.2) is 0 Å². The van der Waals surface area contributed by atoms with Crippen molar-refractivity contribution < 1.29 is 10.2 Å². The lowest BCUT2D eigenvalue weighted by Crippen LogP contribution is -2.48. The summed E-state index contributed by atoms with van der Waals surface area (Å²) in [5.41, 5.74) is 2.57. The lowest BCUT2D eigenvalue weighted by molar-refractivity contribution is -0.0297. The summed E-state index contributed by atoms with van der Waals surface area (Å²) in [6.45, 7) is 1.73. The van der Waals surface area contributed by atoms with Gasteiger partial charge < -0.3 is 20.8 Å². The van der Waals surface area contributed by atoms with Gasteiger partial charge in [-0.2, -0.15) is 0 Å². The van der Waals surface area contributed by atoms with E-state index < -0.39 is 12.2 Å². The highest BCUT2D eigenvalue weighted by atomic mass is 16.3. The van der Waals surface area contributed by atoms with Crippen LogP contribution < -0.4 is 10.6 Å². The lowest BCUT2D eigenvalue weighted by Gasteiger charge is -2.32. The van der Waals surface area contributed by atoms with Crippen molar-refractivity contribution in [1.82, 2.24) is 10.6 Å². The molecule has 4 N–H and O–H groups in total. The molecule has 0 aliphatic heterocycles. The normalized spacial score (nSPS) is 25.1. The fraction of sp³-hybridized carbons (Fsp3) is 0.481. The van der Waals surface area contributed by atoms with Crippen molar-refractivity contribution in [2.24, 2.45) is 0 Å². The molecule has 4 heteroatoms. The van der Waals surface area contributed by atoms with Gasteiger partial charge in [0, 0.05) is 25.2 Å². The van der Waals surface area contributed by atoms with Crippen molar-refractivity contribution in [3.05, 3.63) is 83.9 Å². The highest BCUT2D eigenvalue weighted by molar-refractivity contribution is 5.15. The van der Waals surface area contributed by atoms with Gasteiger partial charge in [0.05, 0.1) is 12.2 Å². The molecule has 1 saturated carbocycles. The molecule has 0 aromatic heterocycles. The second-order valence-electron chi connectivity index (χ2n) is 8.29. The van der Waals surface area contributed by atoms with E-state index in [1.54, 1.807) is 0 Å². The number of benzene rings is 2. The van der Waals surface area contributed by atoms with Crippen molar-refractivity contribution in [1.29, 1.82) is 0 Å². The van der Waals surface area contributed by atoms with Crippen LogP contribution in [0, 0.1) is 0 Å².